The summed E-state index contributed by atoms with van der Waals surface area (Å²) in [6.07, 6.45) is 10.8. The van der Waals surface area contributed by atoms with E-state index in [0.717, 1.165) is 78.9 Å². The molecule has 0 radical (unpaired) electrons. The molecule has 0 unspecified atom stereocenters. The third-order valence-corrected chi connectivity index (χ3v) is 8.86. The molecule has 1 saturated heterocycles. The number of nitrogen functional groups attached to an aromatic ring is 1. The maximum absolute atomic E-state index is 11.3. The normalized spacial score (nSPS) is 19.5. The molecule has 5 heterocycles. The fourth-order valence-electron chi connectivity index (χ4n) is 6.47. The van der Waals surface area contributed by atoms with E-state index in [4.69, 9.17) is 15.7 Å². The Bertz CT molecular complexity index is 1720. The molecule has 3 N–H and O–H groups in total. The first-order valence-electron chi connectivity index (χ1n) is 14.6. The molecule has 4 aromatic heterocycles. The second-order valence-electron chi connectivity index (χ2n) is 11.6. The zero-order chi connectivity index (χ0) is 28.6. The third kappa shape index (κ3) is 5.00. The van der Waals surface area contributed by atoms with Crippen LogP contribution in [0.3, 0.4) is 0 Å². The molecule has 1 aliphatic carbocycles. The lowest BCUT2D eigenvalue weighted by Gasteiger charge is -2.42. The highest BCUT2D eigenvalue weighted by Gasteiger charge is 2.32. The van der Waals surface area contributed by atoms with Crippen LogP contribution in [0.1, 0.15) is 37.2 Å². The number of rotatable bonds is 7. The number of hydrogen-bond acceptors (Lipinski definition) is 7. The number of anilines is 1. The molecule has 1 saturated carbocycles. The van der Waals surface area contributed by atoms with Crippen molar-refractivity contribution in [1.29, 1.82) is 0 Å². The number of carboxylic acids is 1. The van der Waals surface area contributed by atoms with Crippen molar-refractivity contribution < 1.29 is 9.90 Å². The average molecular weight is 560 g/mol. The Balaban J connectivity index is 1.12. The lowest BCUT2D eigenvalue weighted by molar-refractivity contribution is -0.143. The van der Waals surface area contributed by atoms with Gasteiger partial charge in [0, 0.05) is 67.2 Å². The van der Waals surface area contributed by atoms with E-state index in [1.807, 2.05) is 42.7 Å². The van der Waals surface area contributed by atoms with Gasteiger partial charge in [0.2, 0.25) is 0 Å². The predicted octanol–water partition coefficient (Wildman–Crippen LogP) is 5.42. The summed E-state index contributed by atoms with van der Waals surface area (Å²) in [5, 5.41) is 9.27. The lowest BCUT2D eigenvalue weighted by atomic mass is 9.80. The molecule has 5 aromatic rings. The van der Waals surface area contributed by atoms with E-state index in [9.17, 15) is 9.90 Å². The van der Waals surface area contributed by atoms with Gasteiger partial charge in [0.15, 0.2) is 11.5 Å². The van der Waals surface area contributed by atoms with Crippen molar-refractivity contribution >= 4 is 23.0 Å². The molecule has 42 heavy (non-hydrogen) atoms. The van der Waals surface area contributed by atoms with Gasteiger partial charge in [-0.2, -0.15) is 0 Å². The minimum atomic E-state index is -0.633. The van der Waals surface area contributed by atoms with E-state index in [1.165, 1.54) is 5.56 Å². The van der Waals surface area contributed by atoms with Gasteiger partial charge in [0.25, 0.3) is 0 Å². The van der Waals surface area contributed by atoms with Gasteiger partial charge < -0.3 is 15.7 Å². The number of aromatic nitrogens is 5. The monoisotopic (exact) mass is 559 g/mol. The highest BCUT2D eigenvalue weighted by Crippen LogP contribution is 2.35. The van der Waals surface area contributed by atoms with Crippen molar-refractivity contribution in [3.8, 4) is 28.2 Å². The summed E-state index contributed by atoms with van der Waals surface area (Å²) in [6, 6.07) is 18.5. The Morgan fingerprint density at radius 2 is 1.71 bits per heavy atom. The summed E-state index contributed by atoms with van der Waals surface area (Å²) in [5.41, 5.74) is 12.8. The van der Waals surface area contributed by atoms with Crippen molar-refractivity contribution in [3.05, 3.63) is 84.9 Å². The number of nitrogens with two attached hydrogens (primary N) is 1. The number of carbonyl (C=O) groups is 1. The van der Waals surface area contributed by atoms with E-state index in [2.05, 4.69) is 43.7 Å². The Morgan fingerprint density at radius 1 is 0.929 bits per heavy atom. The van der Waals surface area contributed by atoms with E-state index in [-0.39, 0.29) is 5.92 Å². The highest BCUT2D eigenvalue weighted by molar-refractivity contribution is 5.85. The van der Waals surface area contributed by atoms with Crippen LogP contribution in [-0.2, 0) is 4.79 Å². The predicted molar refractivity (Wildman–Crippen MR) is 162 cm³/mol. The first-order chi connectivity index (χ1) is 20.5. The molecule has 0 atom stereocenters. The largest absolute Gasteiger partial charge is 0.481 e. The zero-order valence-electron chi connectivity index (χ0n) is 23.3. The van der Waals surface area contributed by atoms with Gasteiger partial charge in [0.05, 0.1) is 11.5 Å². The number of likely N-dealkylation sites (tertiary alicyclic amines) is 1. The molecular weight excluding hydrogens is 526 g/mol. The standard InChI is InChI=1S/C33H33N7O2/c34-30-28(4-2-14-36-30)31-38-29-15-25(24-3-1-13-35-16-24)17-37-32(29)40(31)27-11-9-22(10-12-27)26-19-39(20-26)18-21-5-7-23(8-6-21)33(41)42/h1-4,9-17,21,23,26H,5-8,18-20H2,(H2,34,36)(H,41,42)/t21-,23-. The van der Waals surface area contributed by atoms with E-state index < -0.39 is 5.97 Å². The first-order valence-corrected chi connectivity index (χ1v) is 14.6. The topological polar surface area (TPSA) is 123 Å². The van der Waals surface area contributed by atoms with Crippen molar-refractivity contribution in [2.45, 2.75) is 31.6 Å². The number of fused-ring (bicyclic) bond motifs is 1. The molecule has 0 bridgehead atoms. The Kier molecular flexibility index (Phi) is 6.87. The van der Waals surface area contributed by atoms with Crippen molar-refractivity contribution in [1.82, 2.24) is 29.4 Å². The van der Waals surface area contributed by atoms with Gasteiger partial charge in [0.1, 0.15) is 11.3 Å². The summed E-state index contributed by atoms with van der Waals surface area (Å²) in [5.74, 6) is 1.46. The molecule has 0 amide bonds. The lowest BCUT2D eigenvalue weighted by Crippen LogP contribution is -2.47. The number of nitrogens with zero attached hydrogens (tertiary/aromatic N) is 6. The van der Waals surface area contributed by atoms with Crippen LogP contribution < -0.4 is 5.73 Å². The molecule has 1 aliphatic heterocycles. The zero-order valence-corrected chi connectivity index (χ0v) is 23.3. The second kappa shape index (κ2) is 11.0. The third-order valence-electron chi connectivity index (χ3n) is 8.86. The highest BCUT2D eigenvalue weighted by atomic mass is 16.4. The Morgan fingerprint density at radius 3 is 2.43 bits per heavy atom. The number of aliphatic carboxylic acids is 1. The van der Waals surface area contributed by atoms with Crippen LogP contribution >= 0.6 is 0 Å². The molecule has 212 valence electrons. The maximum atomic E-state index is 11.3. The SMILES string of the molecule is Nc1ncccc1-c1nc2cc(-c3cccnc3)cnc2n1-c1ccc(C2CN(C[C@H]3CC[C@H](C(=O)O)CC3)C2)cc1. The van der Waals surface area contributed by atoms with E-state index in [0.29, 0.717) is 23.5 Å². The van der Waals surface area contributed by atoms with Crippen LogP contribution in [0.2, 0.25) is 0 Å². The first kappa shape index (κ1) is 26.3. The quantitative estimate of drug-likeness (QED) is 0.271. The van der Waals surface area contributed by atoms with Gasteiger partial charge >= 0.3 is 5.97 Å². The van der Waals surface area contributed by atoms with Crippen LogP contribution in [0.4, 0.5) is 5.82 Å². The van der Waals surface area contributed by atoms with Crippen LogP contribution in [0, 0.1) is 11.8 Å². The second-order valence-corrected chi connectivity index (χ2v) is 11.6. The van der Waals surface area contributed by atoms with Crippen molar-refractivity contribution in [3.63, 3.8) is 0 Å². The van der Waals surface area contributed by atoms with Gasteiger partial charge in [-0.05, 0) is 73.6 Å². The molecule has 9 heteroatoms. The smallest absolute Gasteiger partial charge is 0.306 e. The van der Waals surface area contributed by atoms with Crippen LogP contribution in [0.15, 0.2) is 79.4 Å². The number of carboxylic acid groups (broad SMARTS) is 1. The molecule has 0 spiro atoms. The summed E-state index contributed by atoms with van der Waals surface area (Å²) in [4.78, 5) is 32.2. The number of pyridine rings is 3. The fourth-order valence-corrected chi connectivity index (χ4v) is 6.47. The average Bonchev–Trinajstić information content (AvgIpc) is 3.38. The van der Waals surface area contributed by atoms with Crippen LogP contribution in [0.25, 0.3) is 39.4 Å². The van der Waals surface area contributed by atoms with Gasteiger partial charge in [-0.25, -0.2) is 15.0 Å². The summed E-state index contributed by atoms with van der Waals surface area (Å²) >= 11 is 0. The number of benzene rings is 1. The fraction of sp³-hybridized carbons (Fsp3) is 0.303. The van der Waals surface area contributed by atoms with Crippen molar-refractivity contribution in [2.75, 3.05) is 25.4 Å². The van der Waals surface area contributed by atoms with Gasteiger partial charge in [-0.3, -0.25) is 14.3 Å². The molecule has 9 nitrogen and oxygen atoms in total. The molecular formula is C33H33N7O2. The Labute approximate surface area is 244 Å². The molecule has 1 aromatic carbocycles. The van der Waals surface area contributed by atoms with Gasteiger partial charge in [-0.1, -0.05) is 18.2 Å². The Hall–Kier alpha value is -4.63. The molecule has 2 fully saturated rings. The van der Waals surface area contributed by atoms with Crippen molar-refractivity contribution in [2.24, 2.45) is 11.8 Å². The maximum Gasteiger partial charge on any atom is 0.306 e. The molecule has 7 rings (SSSR count). The summed E-state index contributed by atoms with van der Waals surface area (Å²) < 4.78 is 2.06. The minimum Gasteiger partial charge on any atom is -0.481 e. The number of imidazole rings is 1. The van der Waals surface area contributed by atoms with Crippen LogP contribution in [0.5, 0.6) is 0 Å². The molecule has 2 aliphatic rings. The van der Waals surface area contributed by atoms with Crippen LogP contribution in [-0.4, -0.2) is 60.1 Å². The van der Waals surface area contributed by atoms with Gasteiger partial charge in [-0.15, -0.1) is 0 Å². The minimum absolute atomic E-state index is 0.148. The number of hydrogen-bond donors (Lipinski definition) is 2. The van der Waals surface area contributed by atoms with E-state index >= 15 is 0 Å². The summed E-state index contributed by atoms with van der Waals surface area (Å²) in [6.45, 7) is 3.16. The summed E-state index contributed by atoms with van der Waals surface area (Å²) in [7, 11) is 0. The van der Waals surface area contributed by atoms with E-state index in [1.54, 1.807) is 12.4 Å².